The van der Waals surface area contributed by atoms with Crippen LogP contribution >= 0.6 is 8.20 Å². The molecule has 1 aliphatic rings. The van der Waals surface area contributed by atoms with Gasteiger partial charge in [0.15, 0.2) is 0 Å². The van der Waals surface area contributed by atoms with Crippen molar-refractivity contribution in [1.82, 2.24) is 0 Å². The van der Waals surface area contributed by atoms with E-state index in [2.05, 4.69) is 42.8 Å². The van der Waals surface area contributed by atoms with E-state index >= 15 is 0 Å². The molecule has 4 rings (SSSR count). The molecule has 0 radical (unpaired) electrons. The number of carboxylic acid groups (broad SMARTS) is 1. The van der Waals surface area contributed by atoms with Crippen LogP contribution in [0.5, 0.6) is 5.75 Å². The van der Waals surface area contributed by atoms with E-state index in [1.165, 1.54) is 0 Å². The fourth-order valence-electron chi connectivity index (χ4n) is 4.74. The molecule has 3 aromatic rings. The van der Waals surface area contributed by atoms with E-state index in [-0.39, 0.29) is 17.3 Å². The van der Waals surface area contributed by atoms with Crippen molar-refractivity contribution >= 4 is 31.2 Å². The van der Waals surface area contributed by atoms with Gasteiger partial charge in [-0.05, 0) is 86.1 Å². The lowest BCUT2D eigenvalue weighted by Crippen LogP contribution is -2.16. The number of hydrogen-bond acceptors (Lipinski definition) is 4. The van der Waals surface area contributed by atoms with Crippen molar-refractivity contribution in [2.75, 3.05) is 5.32 Å². The monoisotopic (exact) mass is 548 g/mol. The second kappa shape index (κ2) is 12.2. The average molecular weight is 549 g/mol. The van der Waals surface area contributed by atoms with E-state index in [9.17, 15) is 9.90 Å². The number of fused-ring (bicyclic) bond motifs is 1. The molecule has 2 N–H and O–H groups in total. The summed E-state index contributed by atoms with van der Waals surface area (Å²) in [6, 6.07) is 20.7. The molecule has 0 saturated heterocycles. The molecule has 0 saturated carbocycles. The minimum atomic E-state index is -0.977. The summed E-state index contributed by atoms with van der Waals surface area (Å²) in [5.74, 6) is 2.68. The summed E-state index contributed by atoms with van der Waals surface area (Å²) in [6.07, 6.45) is 2.05. The predicted octanol–water partition coefficient (Wildman–Crippen LogP) is 8.87. The van der Waals surface area contributed by atoms with Crippen LogP contribution in [0.3, 0.4) is 0 Å². The molecule has 0 fully saturated rings. The molecule has 2 unspecified atom stereocenters. The second-order valence-corrected chi connectivity index (χ2v) is 11.2. The maximum Gasteiger partial charge on any atom is 0.337 e. The lowest BCUT2D eigenvalue weighted by molar-refractivity contribution is 0.0698. The van der Waals surface area contributed by atoms with Gasteiger partial charge in [-0.2, -0.15) is 5.26 Å². The van der Waals surface area contributed by atoms with Gasteiger partial charge >= 0.3 is 5.97 Å². The fourth-order valence-corrected chi connectivity index (χ4v) is 5.73. The van der Waals surface area contributed by atoms with Gasteiger partial charge in [0.2, 0.25) is 0 Å². The molecule has 1 heterocycles. The highest BCUT2D eigenvalue weighted by Crippen LogP contribution is 2.44. The third kappa shape index (κ3) is 5.93. The number of rotatable bonds is 8. The first-order valence-electron chi connectivity index (χ1n) is 13.2. The SMILES string of the molecule is C=C1C(C)=C(/C(C=PC(C)c2ccc(C#N)cc2)=C/C)Oc2c1cc(C)cc2C(C)Nc1ccccc1C(=O)O. The van der Waals surface area contributed by atoms with Gasteiger partial charge in [0.1, 0.15) is 11.5 Å². The first kappa shape index (κ1) is 28.6. The van der Waals surface area contributed by atoms with Crippen LogP contribution in [0.1, 0.15) is 77.6 Å². The summed E-state index contributed by atoms with van der Waals surface area (Å²) in [5.41, 5.74) is 8.64. The number of carboxylic acids is 1. The zero-order chi connectivity index (χ0) is 29.0. The van der Waals surface area contributed by atoms with Gasteiger partial charge < -0.3 is 15.2 Å². The smallest absolute Gasteiger partial charge is 0.337 e. The number of ether oxygens (including phenoxy) is 1. The molecule has 3 aromatic carbocycles. The van der Waals surface area contributed by atoms with E-state index in [1.807, 2.05) is 64.1 Å². The van der Waals surface area contributed by atoms with Crippen LogP contribution in [-0.4, -0.2) is 16.9 Å². The second-order valence-electron chi connectivity index (χ2n) is 9.91. The Bertz CT molecular complexity index is 1610. The lowest BCUT2D eigenvalue weighted by atomic mass is 9.89. The van der Waals surface area contributed by atoms with Crippen molar-refractivity contribution in [3.8, 4) is 11.8 Å². The number of hydrogen-bond donors (Lipinski definition) is 2. The Labute approximate surface area is 237 Å². The summed E-state index contributed by atoms with van der Waals surface area (Å²) < 4.78 is 6.68. The maximum absolute atomic E-state index is 11.8. The number of para-hydroxylation sites is 1. The number of nitrogens with zero attached hydrogens (tertiary/aromatic N) is 1. The topological polar surface area (TPSA) is 82.3 Å². The number of aryl methyl sites for hydroxylation is 1. The van der Waals surface area contributed by atoms with Crippen LogP contribution in [0.4, 0.5) is 5.69 Å². The van der Waals surface area contributed by atoms with Gasteiger partial charge in [-0.25, -0.2) is 4.79 Å². The van der Waals surface area contributed by atoms with Crippen molar-refractivity contribution in [2.24, 2.45) is 0 Å². The Morgan fingerprint density at radius 3 is 2.48 bits per heavy atom. The molecule has 0 aliphatic carbocycles. The Kier molecular flexibility index (Phi) is 8.73. The number of aromatic carboxylic acids is 1. The van der Waals surface area contributed by atoms with Crippen molar-refractivity contribution in [2.45, 2.75) is 46.3 Å². The third-order valence-electron chi connectivity index (χ3n) is 7.11. The zero-order valence-electron chi connectivity index (χ0n) is 23.4. The number of allylic oxidation sites excluding steroid dienone is 4. The Morgan fingerprint density at radius 2 is 1.82 bits per heavy atom. The molecule has 1 aliphatic heterocycles. The molecule has 0 bridgehead atoms. The Morgan fingerprint density at radius 1 is 1.12 bits per heavy atom. The molecular weight excluding hydrogens is 515 g/mol. The highest BCUT2D eigenvalue weighted by molar-refractivity contribution is 7.39. The minimum Gasteiger partial charge on any atom is -0.478 e. The maximum atomic E-state index is 11.8. The average Bonchev–Trinajstić information content (AvgIpc) is 2.95. The molecule has 40 heavy (non-hydrogen) atoms. The summed E-state index contributed by atoms with van der Waals surface area (Å²) >= 11 is 0. The van der Waals surface area contributed by atoms with Crippen molar-refractivity contribution in [3.05, 3.63) is 124 Å². The van der Waals surface area contributed by atoms with Gasteiger partial charge in [-0.3, -0.25) is 0 Å². The van der Waals surface area contributed by atoms with Gasteiger partial charge in [0.05, 0.1) is 23.2 Å². The van der Waals surface area contributed by atoms with E-state index in [4.69, 9.17) is 10.00 Å². The highest BCUT2D eigenvalue weighted by atomic mass is 31.1. The van der Waals surface area contributed by atoms with Gasteiger partial charge in [-0.1, -0.05) is 58.1 Å². The zero-order valence-corrected chi connectivity index (χ0v) is 24.3. The van der Waals surface area contributed by atoms with Crippen LogP contribution in [0.2, 0.25) is 0 Å². The van der Waals surface area contributed by atoms with Crippen LogP contribution < -0.4 is 10.1 Å². The number of nitriles is 1. The van der Waals surface area contributed by atoms with E-state index in [0.29, 0.717) is 11.3 Å². The Hall–Kier alpha value is -4.39. The minimum absolute atomic E-state index is 0.221. The summed E-state index contributed by atoms with van der Waals surface area (Å²) in [5, 5.41) is 22.1. The van der Waals surface area contributed by atoms with Crippen LogP contribution in [0, 0.1) is 18.3 Å². The molecule has 2 atom stereocenters. The standard InChI is InChI=1S/C34H33N2O3P/c1-7-26(19-40-24(6)27-14-12-25(18-35)13-15-27)32-22(4)21(3)29-16-20(2)17-30(33(29)39-32)23(5)36-31-11-9-8-10-28(31)34(37)38/h7-17,19,23-24,36H,3H2,1-2,4-6H3,(H,37,38)/b26-7+. The molecule has 202 valence electrons. The largest absolute Gasteiger partial charge is 0.478 e. The molecule has 0 aromatic heterocycles. The van der Waals surface area contributed by atoms with Gasteiger partial charge in [-0.15, -0.1) is 0 Å². The first-order valence-corrected chi connectivity index (χ1v) is 14.2. The highest BCUT2D eigenvalue weighted by Gasteiger charge is 2.27. The fraction of sp³-hybridized carbons (Fsp3) is 0.206. The van der Waals surface area contributed by atoms with E-state index < -0.39 is 5.97 Å². The van der Waals surface area contributed by atoms with E-state index in [0.717, 1.165) is 58.7 Å². The molecule has 0 spiro atoms. The molecular formula is C34H33N2O3P. The predicted molar refractivity (Wildman–Crippen MR) is 165 cm³/mol. The van der Waals surface area contributed by atoms with E-state index in [1.54, 1.807) is 18.2 Å². The molecule has 6 heteroatoms. The molecule has 0 amide bonds. The Balaban J connectivity index is 1.66. The lowest BCUT2D eigenvalue weighted by Gasteiger charge is -2.29. The van der Waals surface area contributed by atoms with Crippen molar-refractivity contribution in [1.29, 1.82) is 5.26 Å². The molecule has 5 nitrogen and oxygen atoms in total. The summed E-state index contributed by atoms with van der Waals surface area (Å²) in [7, 11) is 1.10. The van der Waals surface area contributed by atoms with Crippen LogP contribution in [-0.2, 0) is 0 Å². The number of anilines is 1. The van der Waals surface area contributed by atoms with Gasteiger partial charge in [0, 0.05) is 28.0 Å². The normalized spacial score (nSPS) is 14.8. The third-order valence-corrected chi connectivity index (χ3v) is 8.29. The first-order chi connectivity index (χ1) is 19.1. The van der Waals surface area contributed by atoms with Crippen molar-refractivity contribution in [3.63, 3.8) is 0 Å². The quantitative estimate of drug-likeness (QED) is 0.275. The number of nitrogens with one attached hydrogen (secondary N) is 1. The van der Waals surface area contributed by atoms with Crippen LogP contribution in [0.15, 0.2) is 90.2 Å². The number of benzene rings is 3. The summed E-state index contributed by atoms with van der Waals surface area (Å²) in [6.45, 7) is 14.7. The number of carbonyl (C=O) groups is 1. The van der Waals surface area contributed by atoms with Crippen molar-refractivity contribution < 1.29 is 14.6 Å². The van der Waals surface area contributed by atoms with Gasteiger partial charge in [0.25, 0.3) is 0 Å². The summed E-state index contributed by atoms with van der Waals surface area (Å²) in [4.78, 5) is 11.8. The van der Waals surface area contributed by atoms with Crippen LogP contribution in [0.25, 0.3) is 5.57 Å².